The van der Waals surface area contributed by atoms with Crippen LogP contribution in [-0.2, 0) is 11.2 Å². The number of carbonyl (C=O) groups is 2. The van der Waals surface area contributed by atoms with Crippen LogP contribution in [0.2, 0.25) is 0 Å². The molecule has 110 valence electrons. The van der Waals surface area contributed by atoms with Gasteiger partial charge in [-0.1, -0.05) is 5.57 Å². The second-order valence-electron chi connectivity index (χ2n) is 5.75. The summed E-state index contributed by atoms with van der Waals surface area (Å²) >= 11 is 3.29. The van der Waals surface area contributed by atoms with Gasteiger partial charge in [0.2, 0.25) is 5.91 Å². The molecule has 0 heterocycles. The largest absolute Gasteiger partial charge is 0.366 e. The molecule has 0 aliphatic heterocycles. The Morgan fingerprint density at radius 2 is 2.14 bits per heavy atom. The van der Waals surface area contributed by atoms with Gasteiger partial charge in [0.05, 0.1) is 4.47 Å². The summed E-state index contributed by atoms with van der Waals surface area (Å²) in [5.74, 6) is -0.845. The number of rotatable bonds is 2. The van der Waals surface area contributed by atoms with Crippen molar-refractivity contribution in [1.29, 1.82) is 0 Å². The topological polar surface area (TPSA) is 60.2 Å². The molecule has 3 rings (SSSR count). The van der Waals surface area contributed by atoms with Crippen molar-refractivity contribution in [2.24, 2.45) is 11.7 Å². The van der Waals surface area contributed by atoms with Crippen LogP contribution in [0, 0.1) is 11.7 Å². The first-order valence-corrected chi connectivity index (χ1v) is 7.71. The third-order valence-corrected chi connectivity index (χ3v) is 5.30. The molecule has 3 nitrogen and oxygen atoms in total. The van der Waals surface area contributed by atoms with Crippen molar-refractivity contribution < 1.29 is 14.0 Å². The maximum Gasteiger partial charge on any atom is 0.249 e. The number of allylic oxidation sites excluding steroid dienone is 2. The van der Waals surface area contributed by atoms with E-state index in [1.54, 1.807) is 6.92 Å². The van der Waals surface area contributed by atoms with Crippen molar-refractivity contribution in [2.45, 2.75) is 32.6 Å². The molecule has 0 fully saturated rings. The van der Waals surface area contributed by atoms with Crippen LogP contribution in [0.25, 0.3) is 5.57 Å². The molecular weight excluding hydrogens is 337 g/mol. The van der Waals surface area contributed by atoms with E-state index in [0.717, 1.165) is 35.1 Å². The molecule has 1 amide bonds. The zero-order valence-electron chi connectivity index (χ0n) is 11.6. The van der Waals surface area contributed by atoms with E-state index < -0.39 is 11.7 Å². The minimum Gasteiger partial charge on any atom is -0.366 e. The Hall–Kier alpha value is -1.49. The number of fused-ring (bicyclic) bond motifs is 2. The Labute approximate surface area is 130 Å². The van der Waals surface area contributed by atoms with E-state index in [1.165, 1.54) is 6.07 Å². The molecule has 0 radical (unpaired) electrons. The van der Waals surface area contributed by atoms with Crippen LogP contribution in [0.3, 0.4) is 0 Å². The van der Waals surface area contributed by atoms with Gasteiger partial charge < -0.3 is 5.73 Å². The van der Waals surface area contributed by atoms with E-state index >= 15 is 0 Å². The second kappa shape index (κ2) is 5.05. The SMILES string of the molecule is CC(=O)C1CCC2=C(Cc3c(C(N)=O)cc(F)c(Br)c32)C1. The lowest BCUT2D eigenvalue weighted by atomic mass is 9.82. The maximum absolute atomic E-state index is 14.0. The summed E-state index contributed by atoms with van der Waals surface area (Å²) in [4.78, 5) is 23.2. The number of Topliss-reactive ketones (excluding diaryl/α,β-unsaturated/α-hetero) is 1. The van der Waals surface area contributed by atoms with Gasteiger partial charge in [-0.15, -0.1) is 0 Å². The predicted octanol–water partition coefficient (Wildman–Crippen LogP) is 3.39. The Kier molecular flexibility index (Phi) is 3.48. The van der Waals surface area contributed by atoms with Crippen LogP contribution in [0.4, 0.5) is 4.39 Å². The van der Waals surface area contributed by atoms with Crippen molar-refractivity contribution in [3.63, 3.8) is 0 Å². The van der Waals surface area contributed by atoms with Crippen LogP contribution in [0.1, 0.15) is 47.7 Å². The van der Waals surface area contributed by atoms with Gasteiger partial charge in [0, 0.05) is 11.5 Å². The molecule has 2 N–H and O–H groups in total. The van der Waals surface area contributed by atoms with Crippen LogP contribution < -0.4 is 5.73 Å². The minimum absolute atomic E-state index is 0.0405. The van der Waals surface area contributed by atoms with Crippen molar-refractivity contribution in [2.75, 3.05) is 0 Å². The highest BCUT2D eigenvalue weighted by molar-refractivity contribution is 9.10. The lowest BCUT2D eigenvalue weighted by molar-refractivity contribution is -0.120. The second-order valence-corrected chi connectivity index (χ2v) is 6.54. The number of ketones is 1. The fraction of sp³-hybridized carbons (Fsp3) is 0.375. The lowest BCUT2D eigenvalue weighted by Gasteiger charge is -2.22. The quantitative estimate of drug-likeness (QED) is 0.887. The van der Waals surface area contributed by atoms with Crippen molar-refractivity contribution in [1.82, 2.24) is 0 Å². The molecule has 5 heteroatoms. The number of amides is 1. The smallest absolute Gasteiger partial charge is 0.249 e. The molecule has 0 bridgehead atoms. The van der Waals surface area contributed by atoms with Gasteiger partial charge >= 0.3 is 0 Å². The molecular formula is C16H15BrFNO2. The number of halogens is 2. The maximum atomic E-state index is 14.0. The highest BCUT2D eigenvalue weighted by Crippen LogP contribution is 2.47. The Bertz CT molecular complexity index is 709. The lowest BCUT2D eigenvalue weighted by Crippen LogP contribution is -2.16. The zero-order valence-corrected chi connectivity index (χ0v) is 13.2. The number of carbonyl (C=O) groups excluding carboxylic acids is 2. The van der Waals surface area contributed by atoms with Gasteiger partial charge in [-0.25, -0.2) is 4.39 Å². The third kappa shape index (κ3) is 2.24. The molecule has 0 aromatic heterocycles. The number of primary amides is 1. The summed E-state index contributed by atoms with van der Waals surface area (Å²) in [6.45, 7) is 1.61. The fourth-order valence-electron chi connectivity index (χ4n) is 3.44. The molecule has 2 aliphatic carbocycles. The molecule has 1 unspecified atom stereocenters. The average molecular weight is 352 g/mol. The Morgan fingerprint density at radius 1 is 1.43 bits per heavy atom. The molecule has 0 saturated heterocycles. The van der Waals surface area contributed by atoms with Gasteiger partial charge in [-0.05, 0) is 71.3 Å². The molecule has 1 atom stereocenters. The molecule has 1 aromatic rings. The Morgan fingerprint density at radius 3 is 2.76 bits per heavy atom. The first-order valence-electron chi connectivity index (χ1n) is 6.92. The van der Waals surface area contributed by atoms with Crippen LogP contribution in [-0.4, -0.2) is 11.7 Å². The summed E-state index contributed by atoms with van der Waals surface area (Å²) in [5.41, 5.74) is 9.43. The number of benzene rings is 1. The fourth-order valence-corrected chi connectivity index (χ4v) is 4.03. The van der Waals surface area contributed by atoms with Gasteiger partial charge in [0.25, 0.3) is 0 Å². The highest BCUT2D eigenvalue weighted by Gasteiger charge is 2.34. The standard InChI is InChI=1S/C16H15BrFNO2/c1-7(20)8-2-3-10-9(4-8)5-11-12(16(19)21)6-13(18)15(17)14(10)11/h6,8H,2-5H2,1H3,(H2,19,21). The number of hydrogen-bond donors (Lipinski definition) is 1. The summed E-state index contributed by atoms with van der Waals surface area (Å²) in [6, 6.07) is 1.20. The Balaban J connectivity index is 2.11. The number of nitrogens with two attached hydrogens (primary N) is 1. The van der Waals surface area contributed by atoms with Gasteiger partial charge in [0.1, 0.15) is 11.6 Å². The summed E-state index contributed by atoms with van der Waals surface area (Å²) in [5, 5.41) is 0. The monoisotopic (exact) mass is 351 g/mol. The van der Waals surface area contributed by atoms with E-state index in [1.807, 2.05) is 0 Å². The molecule has 0 spiro atoms. The third-order valence-electron chi connectivity index (χ3n) is 4.52. The number of hydrogen-bond acceptors (Lipinski definition) is 2. The van der Waals surface area contributed by atoms with E-state index in [4.69, 9.17) is 5.73 Å². The zero-order chi connectivity index (χ0) is 15.3. The first-order chi connectivity index (χ1) is 9.90. The molecule has 1 aromatic carbocycles. The van der Waals surface area contributed by atoms with Gasteiger partial charge in [0.15, 0.2) is 0 Å². The van der Waals surface area contributed by atoms with E-state index in [2.05, 4.69) is 15.9 Å². The van der Waals surface area contributed by atoms with Crippen molar-refractivity contribution in [3.8, 4) is 0 Å². The van der Waals surface area contributed by atoms with Gasteiger partial charge in [-0.3, -0.25) is 9.59 Å². The molecule has 21 heavy (non-hydrogen) atoms. The average Bonchev–Trinajstić information content (AvgIpc) is 2.80. The minimum atomic E-state index is -0.611. The van der Waals surface area contributed by atoms with Crippen LogP contribution in [0.5, 0.6) is 0 Å². The first kappa shape index (κ1) is 14.4. The summed E-state index contributed by atoms with van der Waals surface area (Å²) in [7, 11) is 0. The molecule has 0 saturated carbocycles. The van der Waals surface area contributed by atoms with Crippen molar-refractivity contribution >= 4 is 33.2 Å². The van der Waals surface area contributed by atoms with E-state index in [-0.39, 0.29) is 17.3 Å². The molecule has 2 aliphatic rings. The van der Waals surface area contributed by atoms with E-state index in [0.29, 0.717) is 17.3 Å². The summed E-state index contributed by atoms with van der Waals surface area (Å²) in [6.07, 6.45) is 2.81. The van der Waals surface area contributed by atoms with E-state index in [9.17, 15) is 14.0 Å². The highest BCUT2D eigenvalue weighted by atomic mass is 79.9. The van der Waals surface area contributed by atoms with Crippen LogP contribution >= 0.6 is 15.9 Å². The predicted molar refractivity (Wildman–Crippen MR) is 81.3 cm³/mol. The normalized spacial score (nSPS) is 20.2. The van der Waals surface area contributed by atoms with Gasteiger partial charge in [-0.2, -0.15) is 0 Å². The van der Waals surface area contributed by atoms with Crippen molar-refractivity contribution in [3.05, 3.63) is 38.6 Å². The summed E-state index contributed by atoms with van der Waals surface area (Å²) < 4.78 is 14.4. The van der Waals surface area contributed by atoms with Crippen LogP contribution in [0.15, 0.2) is 16.1 Å².